The van der Waals surface area contributed by atoms with Crippen molar-refractivity contribution in [3.05, 3.63) is 24.3 Å². The van der Waals surface area contributed by atoms with Crippen LogP contribution in [-0.4, -0.2) is 30.9 Å². The minimum atomic E-state index is -2.36. The fourth-order valence-corrected chi connectivity index (χ4v) is 4.52. The summed E-state index contributed by atoms with van der Waals surface area (Å²) in [5, 5.41) is 3.40. The number of para-hydroxylation sites is 1. The number of nitrogens with zero attached hydrogens (tertiary/aromatic N) is 1. The van der Waals surface area contributed by atoms with Gasteiger partial charge in [0.1, 0.15) is 0 Å². The van der Waals surface area contributed by atoms with Crippen LogP contribution in [0.3, 0.4) is 0 Å². The molecular weight excluding hydrogens is 290 g/mol. The highest BCUT2D eigenvalue weighted by Crippen LogP contribution is 2.42. The van der Waals surface area contributed by atoms with E-state index in [1.54, 1.807) is 0 Å². The second-order valence-electron chi connectivity index (χ2n) is 5.95. The van der Waals surface area contributed by atoms with Crippen molar-refractivity contribution in [2.24, 2.45) is 0 Å². The Labute approximate surface area is 129 Å². The maximum absolute atomic E-state index is 12.8. The van der Waals surface area contributed by atoms with E-state index in [0.717, 1.165) is 18.5 Å². The first-order valence-corrected chi connectivity index (χ1v) is 8.56. The van der Waals surface area contributed by atoms with Gasteiger partial charge in [-0.1, -0.05) is 23.9 Å². The van der Waals surface area contributed by atoms with E-state index in [0.29, 0.717) is 34.8 Å². The Morgan fingerprint density at radius 3 is 2.48 bits per heavy atom. The van der Waals surface area contributed by atoms with Gasteiger partial charge in [0.25, 0.3) is 5.76 Å². The molecule has 3 rings (SSSR count). The molecule has 116 valence electrons. The number of rotatable bonds is 4. The molecule has 0 aliphatic carbocycles. The van der Waals surface area contributed by atoms with Gasteiger partial charge in [-0.25, -0.2) is 0 Å². The van der Waals surface area contributed by atoms with Gasteiger partial charge in [-0.05, 0) is 51.3 Å². The highest BCUT2D eigenvalue weighted by atomic mass is 32.2. The molecule has 2 aliphatic rings. The molecule has 2 nitrogen and oxygen atoms in total. The Morgan fingerprint density at radius 1 is 1.19 bits per heavy atom. The Hall–Kier alpha value is -0.810. The zero-order chi connectivity index (χ0) is 14.8. The fraction of sp³-hybridized carbons (Fsp3) is 0.625. The lowest BCUT2D eigenvalue weighted by atomic mass is 9.81. The third-order valence-corrected chi connectivity index (χ3v) is 5.52. The van der Waals surface area contributed by atoms with E-state index in [4.69, 9.17) is 0 Å². The standard InChI is InChI=1S/C16H22F2N2S/c1-19-11-9-12-5-4-6-13(10-11)20(12)14-7-2-3-8-15(14)21-16(17)18/h2-3,7-8,11-13,16,19H,4-6,9-10H2,1H3. The monoisotopic (exact) mass is 312 g/mol. The number of fused-ring (bicyclic) bond motifs is 2. The average Bonchev–Trinajstić information content (AvgIpc) is 2.46. The van der Waals surface area contributed by atoms with E-state index in [9.17, 15) is 8.78 Å². The summed E-state index contributed by atoms with van der Waals surface area (Å²) in [6.07, 6.45) is 5.82. The number of benzene rings is 1. The van der Waals surface area contributed by atoms with Crippen LogP contribution in [0.2, 0.25) is 0 Å². The lowest BCUT2D eigenvalue weighted by Gasteiger charge is -2.50. The van der Waals surface area contributed by atoms with Crippen molar-refractivity contribution < 1.29 is 8.78 Å². The van der Waals surface area contributed by atoms with Crippen molar-refractivity contribution in [1.29, 1.82) is 0 Å². The largest absolute Gasteiger partial charge is 0.365 e. The topological polar surface area (TPSA) is 15.3 Å². The number of piperidine rings is 2. The molecule has 21 heavy (non-hydrogen) atoms. The van der Waals surface area contributed by atoms with Crippen molar-refractivity contribution in [2.45, 2.75) is 60.9 Å². The van der Waals surface area contributed by atoms with E-state index in [1.807, 2.05) is 31.3 Å². The van der Waals surface area contributed by atoms with Crippen LogP contribution in [0.25, 0.3) is 0 Å². The van der Waals surface area contributed by atoms with Crippen LogP contribution in [0.4, 0.5) is 14.5 Å². The summed E-state index contributed by atoms with van der Waals surface area (Å²) in [5.74, 6) is -2.36. The molecule has 2 bridgehead atoms. The normalized spacial score (nSPS) is 29.0. The van der Waals surface area contributed by atoms with Crippen LogP contribution >= 0.6 is 11.8 Å². The smallest absolute Gasteiger partial charge is 0.288 e. The van der Waals surface area contributed by atoms with E-state index in [2.05, 4.69) is 10.2 Å². The van der Waals surface area contributed by atoms with Crippen LogP contribution < -0.4 is 10.2 Å². The number of anilines is 1. The predicted octanol–water partition coefficient (Wildman–Crippen LogP) is 4.11. The first-order chi connectivity index (χ1) is 10.2. The van der Waals surface area contributed by atoms with E-state index in [-0.39, 0.29) is 0 Å². The van der Waals surface area contributed by atoms with Gasteiger partial charge in [-0.15, -0.1) is 0 Å². The molecule has 0 spiro atoms. The SMILES string of the molecule is CNC1CC2CCCC(C1)N2c1ccccc1SC(F)F. The van der Waals surface area contributed by atoms with Crippen molar-refractivity contribution in [2.75, 3.05) is 11.9 Å². The van der Waals surface area contributed by atoms with Crippen LogP contribution in [0.15, 0.2) is 29.2 Å². The molecule has 2 fully saturated rings. The molecule has 2 unspecified atom stereocenters. The Morgan fingerprint density at radius 2 is 1.86 bits per heavy atom. The number of alkyl halides is 2. The fourth-order valence-electron chi connectivity index (χ4n) is 3.88. The molecule has 1 aromatic carbocycles. The second kappa shape index (κ2) is 6.53. The molecule has 2 aliphatic heterocycles. The number of hydrogen-bond donors (Lipinski definition) is 1. The molecule has 5 heteroatoms. The van der Waals surface area contributed by atoms with Crippen molar-refractivity contribution >= 4 is 17.4 Å². The molecule has 0 amide bonds. The third kappa shape index (κ3) is 3.19. The summed E-state index contributed by atoms with van der Waals surface area (Å²) in [4.78, 5) is 3.15. The van der Waals surface area contributed by atoms with Crippen LogP contribution in [-0.2, 0) is 0 Å². The van der Waals surface area contributed by atoms with E-state index < -0.39 is 5.76 Å². The maximum Gasteiger partial charge on any atom is 0.288 e. The van der Waals surface area contributed by atoms with Gasteiger partial charge in [-0.3, -0.25) is 0 Å². The highest BCUT2D eigenvalue weighted by molar-refractivity contribution is 7.99. The van der Waals surface area contributed by atoms with Gasteiger partial charge < -0.3 is 10.2 Å². The molecule has 1 N–H and O–H groups in total. The molecule has 2 heterocycles. The summed E-state index contributed by atoms with van der Waals surface area (Å²) < 4.78 is 25.6. The number of nitrogens with one attached hydrogen (secondary N) is 1. The first kappa shape index (κ1) is 15.1. The predicted molar refractivity (Wildman–Crippen MR) is 84.3 cm³/mol. The molecule has 0 aromatic heterocycles. The zero-order valence-corrected chi connectivity index (χ0v) is 13.1. The van der Waals surface area contributed by atoms with Gasteiger partial charge >= 0.3 is 0 Å². The molecule has 2 saturated heterocycles. The molecule has 2 atom stereocenters. The van der Waals surface area contributed by atoms with Gasteiger partial charge in [0, 0.05) is 23.0 Å². The Bertz CT molecular complexity index is 469. The minimum absolute atomic E-state index is 0.481. The number of halogens is 2. The van der Waals surface area contributed by atoms with Gasteiger partial charge in [0.2, 0.25) is 0 Å². The van der Waals surface area contributed by atoms with Gasteiger partial charge in [0.15, 0.2) is 0 Å². The second-order valence-corrected chi connectivity index (χ2v) is 6.98. The highest BCUT2D eigenvalue weighted by Gasteiger charge is 2.38. The summed E-state index contributed by atoms with van der Waals surface area (Å²) >= 11 is 0.673. The summed E-state index contributed by atoms with van der Waals surface area (Å²) in [5.41, 5.74) is 1.01. The van der Waals surface area contributed by atoms with Crippen molar-refractivity contribution in [3.8, 4) is 0 Å². The first-order valence-electron chi connectivity index (χ1n) is 7.68. The molecular formula is C16H22F2N2S. The molecule has 1 aromatic rings. The quantitative estimate of drug-likeness (QED) is 0.842. The van der Waals surface area contributed by atoms with E-state index in [1.165, 1.54) is 19.3 Å². The van der Waals surface area contributed by atoms with Crippen molar-refractivity contribution in [3.63, 3.8) is 0 Å². The lowest BCUT2D eigenvalue weighted by molar-refractivity contribution is 0.249. The molecule has 0 saturated carbocycles. The van der Waals surface area contributed by atoms with E-state index >= 15 is 0 Å². The average molecular weight is 312 g/mol. The Balaban J connectivity index is 1.89. The number of hydrogen-bond acceptors (Lipinski definition) is 3. The number of thioether (sulfide) groups is 1. The van der Waals surface area contributed by atoms with Gasteiger partial charge in [-0.2, -0.15) is 8.78 Å². The summed E-state index contributed by atoms with van der Waals surface area (Å²) in [7, 11) is 2.02. The van der Waals surface area contributed by atoms with Crippen LogP contribution in [0.1, 0.15) is 32.1 Å². The minimum Gasteiger partial charge on any atom is -0.365 e. The van der Waals surface area contributed by atoms with Crippen LogP contribution in [0, 0.1) is 0 Å². The Kier molecular flexibility index (Phi) is 4.69. The summed E-state index contributed by atoms with van der Waals surface area (Å²) in [6.45, 7) is 0. The molecule has 0 radical (unpaired) electrons. The zero-order valence-electron chi connectivity index (χ0n) is 12.3. The maximum atomic E-state index is 12.8. The lowest BCUT2D eigenvalue weighted by Crippen LogP contribution is -2.56. The van der Waals surface area contributed by atoms with Gasteiger partial charge in [0.05, 0.1) is 5.69 Å². The van der Waals surface area contributed by atoms with Crippen molar-refractivity contribution in [1.82, 2.24) is 5.32 Å². The van der Waals surface area contributed by atoms with Crippen LogP contribution in [0.5, 0.6) is 0 Å². The summed E-state index contributed by atoms with van der Waals surface area (Å²) in [6, 6.07) is 9.17. The third-order valence-electron chi connectivity index (χ3n) is 4.74.